The third kappa shape index (κ3) is 1.54. The molecule has 0 aliphatic carbocycles. The Morgan fingerprint density at radius 3 is 2.92 bits per heavy atom. The van der Waals surface area contributed by atoms with Crippen LogP contribution in [0.2, 0.25) is 0 Å². The van der Waals surface area contributed by atoms with Crippen LogP contribution >= 0.6 is 0 Å². The third-order valence-electron chi connectivity index (χ3n) is 1.38. The van der Waals surface area contributed by atoms with Crippen molar-refractivity contribution < 1.29 is 9.66 Å². The maximum absolute atomic E-state index is 10.4. The molecule has 0 N–H and O–H groups in total. The van der Waals surface area contributed by atoms with Gasteiger partial charge in [0.15, 0.2) is 0 Å². The lowest BCUT2D eigenvalue weighted by Gasteiger charge is -2.00. The van der Waals surface area contributed by atoms with E-state index in [-0.39, 0.29) is 11.3 Å². The highest BCUT2D eigenvalue weighted by molar-refractivity contribution is 5.51. The number of ether oxygens (including phenoxy) is 1. The third-order valence-corrected chi connectivity index (χ3v) is 1.38. The molecule has 0 saturated carbocycles. The van der Waals surface area contributed by atoms with E-state index in [4.69, 9.17) is 10.00 Å². The minimum absolute atomic E-state index is 0.101. The predicted molar refractivity (Wildman–Crippen MR) is 42.2 cm³/mol. The van der Waals surface area contributed by atoms with Crippen molar-refractivity contribution in [2.75, 3.05) is 7.11 Å². The van der Waals surface area contributed by atoms with Crippen LogP contribution in [0.3, 0.4) is 0 Å². The number of nitrogens with zero attached hydrogens (tertiary/aromatic N) is 3. The fourth-order valence-corrected chi connectivity index (χ4v) is 0.857. The van der Waals surface area contributed by atoms with Gasteiger partial charge in [0, 0.05) is 6.07 Å². The fraction of sp³-hybridized carbons (Fsp3) is 0.143. The normalized spacial score (nSPS) is 8.92. The van der Waals surface area contributed by atoms with Crippen LogP contribution in [0.4, 0.5) is 5.82 Å². The highest BCUT2D eigenvalue weighted by atomic mass is 16.6. The quantitative estimate of drug-likeness (QED) is 0.496. The topological polar surface area (TPSA) is 89.0 Å². The average molecular weight is 179 g/mol. The molecule has 0 aliphatic rings. The van der Waals surface area contributed by atoms with Crippen molar-refractivity contribution in [3.05, 3.63) is 27.9 Å². The first kappa shape index (κ1) is 8.93. The lowest BCUT2D eigenvalue weighted by Crippen LogP contribution is -1.98. The highest BCUT2D eigenvalue weighted by Crippen LogP contribution is 2.26. The molecule has 1 aromatic heterocycles. The molecule has 0 atom stereocenters. The highest BCUT2D eigenvalue weighted by Gasteiger charge is 2.19. The Morgan fingerprint density at radius 2 is 2.46 bits per heavy atom. The molecule has 0 spiro atoms. The molecule has 1 heterocycles. The van der Waals surface area contributed by atoms with E-state index in [2.05, 4.69) is 4.98 Å². The van der Waals surface area contributed by atoms with Gasteiger partial charge in [-0.05, 0) is 9.91 Å². The molecule has 0 amide bonds. The van der Waals surface area contributed by atoms with Crippen molar-refractivity contribution >= 4 is 5.82 Å². The molecule has 0 fully saturated rings. The molecular formula is C7H5N3O3. The summed E-state index contributed by atoms with van der Waals surface area (Å²) in [5, 5.41) is 19.0. The first-order valence-electron chi connectivity index (χ1n) is 3.28. The number of aromatic nitrogens is 1. The summed E-state index contributed by atoms with van der Waals surface area (Å²) in [6, 6.07) is 3.13. The number of nitro groups is 1. The van der Waals surface area contributed by atoms with Gasteiger partial charge in [0.2, 0.25) is 5.75 Å². The lowest BCUT2D eigenvalue weighted by atomic mass is 10.2. The zero-order valence-corrected chi connectivity index (χ0v) is 6.72. The lowest BCUT2D eigenvalue weighted by molar-refractivity contribution is -0.390. The van der Waals surface area contributed by atoms with Gasteiger partial charge in [-0.25, -0.2) is 0 Å². The van der Waals surface area contributed by atoms with Gasteiger partial charge in [0.25, 0.3) is 0 Å². The Morgan fingerprint density at radius 1 is 1.77 bits per heavy atom. The SMILES string of the molecule is COc1c(C#N)ccnc1[N+](=O)[O-]. The van der Waals surface area contributed by atoms with Crippen LogP contribution in [0.15, 0.2) is 12.3 Å². The Kier molecular flexibility index (Phi) is 2.40. The van der Waals surface area contributed by atoms with E-state index in [1.165, 1.54) is 19.4 Å². The van der Waals surface area contributed by atoms with E-state index in [1.807, 2.05) is 0 Å². The van der Waals surface area contributed by atoms with E-state index in [1.54, 1.807) is 6.07 Å². The molecule has 0 aromatic carbocycles. The van der Waals surface area contributed by atoms with Gasteiger partial charge in [-0.15, -0.1) is 0 Å². The maximum Gasteiger partial charge on any atom is 0.407 e. The molecular weight excluding hydrogens is 174 g/mol. The summed E-state index contributed by atoms with van der Waals surface area (Å²) in [7, 11) is 1.25. The largest absolute Gasteiger partial charge is 0.488 e. The van der Waals surface area contributed by atoms with E-state index in [0.717, 1.165) is 0 Å². The van der Waals surface area contributed by atoms with Gasteiger partial charge in [-0.3, -0.25) is 0 Å². The van der Waals surface area contributed by atoms with Gasteiger partial charge in [0.1, 0.15) is 17.8 Å². The Labute approximate surface area is 73.5 Å². The average Bonchev–Trinajstić information content (AvgIpc) is 2.16. The molecule has 0 radical (unpaired) electrons. The molecule has 0 bridgehead atoms. The van der Waals surface area contributed by atoms with Crippen LogP contribution in [-0.2, 0) is 0 Å². The van der Waals surface area contributed by atoms with Crippen molar-refractivity contribution in [3.8, 4) is 11.8 Å². The van der Waals surface area contributed by atoms with Gasteiger partial charge < -0.3 is 14.9 Å². The van der Waals surface area contributed by atoms with Crippen molar-refractivity contribution in [1.29, 1.82) is 5.26 Å². The van der Waals surface area contributed by atoms with E-state index in [0.29, 0.717) is 0 Å². The van der Waals surface area contributed by atoms with Crippen LogP contribution in [0.25, 0.3) is 0 Å². The second-order valence-corrected chi connectivity index (χ2v) is 2.08. The van der Waals surface area contributed by atoms with Crippen LogP contribution in [-0.4, -0.2) is 17.0 Å². The van der Waals surface area contributed by atoms with Gasteiger partial charge in [0.05, 0.1) is 7.11 Å². The molecule has 1 rings (SSSR count). The van der Waals surface area contributed by atoms with Crippen LogP contribution < -0.4 is 4.74 Å². The molecule has 1 aromatic rings. The van der Waals surface area contributed by atoms with Gasteiger partial charge >= 0.3 is 5.82 Å². The van der Waals surface area contributed by atoms with E-state index >= 15 is 0 Å². The standard InChI is InChI=1S/C7H5N3O3/c1-13-6-5(4-8)2-3-9-7(6)10(11)12/h2-3H,1H3. The zero-order valence-electron chi connectivity index (χ0n) is 6.72. The van der Waals surface area contributed by atoms with Crippen molar-refractivity contribution in [3.63, 3.8) is 0 Å². The number of nitriles is 1. The first-order valence-corrected chi connectivity index (χ1v) is 3.28. The first-order chi connectivity index (χ1) is 6.20. The zero-order chi connectivity index (χ0) is 9.84. The second-order valence-electron chi connectivity index (χ2n) is 2.08. The minimum Gasteiger partial charge on any atom is -0.488 e. The number of hydrogen-bond acceptors (Lipinski definition) is 5. The summed E-state index contributed by atoms with van der Waals surface area (Å²) in [5.74, 6) is -0.545. The Hall–Kier alpha value is -2.16. The molecule has 0 aliphatic heterocycles. The monoisotopic (exact) mass is 179 g/mol. The van der Waals surface area contributed by atoms with Crippen LogP contribution in [0.1, 0.15) is 5.56 Å². The molecule has 0 unspecified atom stereocenters. The number of pyridine rings is 1. The molecule has 13 heavy (non-hydrogen) atoms. The summed E-state index contributed by atoms with van der Waals surface area (Å²) < 4.78 is 4.70. The van der Waals surface area contributed by atoms with Crippen LogP contribution in [0, 0.1) is 21.4 Å². The van der Waals surface area contributed by atoms with Crippen molar-refractivity contribution in [2.45, 2.75) is 0 Å². The van der Waals surface area contributed by atoms with Gasteiger partial charge in [-0.2, -0.15) is 5.26 Å². The second kappa shape index (κ2) is 3.49. The van der Waals surface area contributed by atoms with Gasteiger partial charge in [-0.1, -0.05) is 0 Å². The number of methoxy groups -OCH3 is 1. The molecule has 0 saturated heterocycles. The minimum atomic E-state index is -0.695. The number of rotatable bonds is 2. The molecule has 66 valence electrons. The predicted octanol–water partition coefficient (Wildman–Crippen LogP) is 0.870. The summed E-state index contributed by atoms with van der Waals surface area (Å²) >= 11 is 0. The Balaban J connectivity index is 3.38. The van der Waals surface area contributed by atoms with Crippen LogP contribution in [0.5, 0.6) is 5.75 Å². The smallest absolute Gasteiger partial charge is 0.407 e. The van der Waals surface area contributed by atoms with E-state index in [9.17, 15) is 10.1 Å². The summed E-state index contributed by atoms with van der Waals surface area (Å²) in [6.45, 7) is 0. The number of hydrogen-bond donors (Lipinski definition) is 0. The fourth-order valence-electron chi connectivity index (χ4n) is 0.857. The Bertz CT molecular complexity index is 383. The molecule has 6 heteroatoms. The summed E-state index contributed by atoms with van der Waals surface area (Å²) in [4.78, 5) is 13.2. The summed E-state index contributed by atoms with van der Waals surface area (Å²) in [6.07, 6.45) is 1.19. The van der Waals surface area contributed by atoms with Crippen molar-refractivity contribution in [2.24, 2.45) is 0 Å². The maximum atomic E-state index is 10.4. The van der Waals surface area contributed by atoms with Crippen molar-refractivity contribution in [1.82, 2.24) is 4.98 Å². The molecule has 6 nitrogen and oxygen atoms in total. The summed E-state index contributed by atoms with van der Waals surface area (Å²) in [5.41, 5.74) is 0.101. The van der Waals surface area contributed by atoms with E-state index < -0.39 is 10.7 Å².